The minimum atomic E-state index is -0.113. The lowest BCUT2D eigenvalue weighted by Gasteiger charge is -2.28. The smallest absolute Gasteiger partial charge is 0.239 e. The highest BCUT2D eigenvalue weighted by atomic mass is 32.2. The third kappa shape index (κ3) is 2.34. The molecular weight excluding hydrogens is 230 g/mol. The van der Waals surface area contributed by atoms with Crippen molar-refractivity contribution in [2.45, 2.75) is 30.6 Å². The van der Waals surface area contributed by atoms with E-state index < -0.39 is 0 Å². The van der Waals surface area contributed by atoms with Crippen molar-refractivity contribution in [3.8, 4) is 0 Å². The number of carbonyl (C=O) groups excluding carboxylic acids is 1. The number of nitrogens with zero attached hydrogens (tertiary/aromatic N) is 1. The summed E-state index contributed by atoms with van der Waals surface area (Å²) in [5.74, 6) is 0.279. The highest BCUT2D eigenvalue weighted by Gasteiger charge is 2.51. The van der Waals surface area contributed by atoms with Crippen LogP contribution in [-0.2, 0) is 4.79 Å². The summed E-state index contributed by atoms with van der Waals surface area (Å²) in [6, 6.07) is 10.3. The second-order valence-electron chi connectivity index (χ2n) is 4.70. The van der Waals surface area contributed by atoms with Crippen LogP contribution in [0.1, 0.15) is 31.4 Å². The summed E-state index contributed by atoms with van der Waals surface area (Å²) in [5.41, 5.74) is 1.19. The van der Waals surface area contributed by atoms with Gasteiger partial charge in [0.2, 0.25) is 5.91 Å². The van der Waals surface area contributed by atoms with Crippen LogP contribution in [0.4, 0.5) is 0 Å². The van der Waals surface area contributed by atoms with Crippen LogP contribution in [0.25, 0.3) is 0 Å². The van der Waals surface area contributed by atoms with E-state index in [0.29, 0.717) is 0 Å². The normalized spacial score (nSPS) is 18.5. The molecule has 0 heterocycles. The third-order valence-electron chi connectivity index (χ3n) is 3.67. The maximum absolute atomic E-state index is 12.4. The molecule has 1 aliphatic rings. The summed E-state index contributed by atoms with van der Waals surface area (Å²) >= 11 is 1.70. The maximum Gasteiger partial charge on any atom is 0.239 e. The van der Waals surface area contributed by atoms with Crippen molar-refractivity contribution in [3.63, 3.8) is 0 Å². The standard InChI is InChI=1S/C14H19NOS/c1-11(12-7-5-4-6-8-12)15(2)13(16)14(17-3)9-10-14/h4-8,11H,9-10H2,1-3H3/t11-/m0/s1. The molecule has 0 unspecified atom stereocenters. The van der Waals surface area contributed by atoms with Gasteiger partial charge in [0.15, 0.2) is 0 Å². The second-order valence-corrected chi connectivity index (χ2v) is 5.89. The van der Waals surface area contributed by atoms with Crippen molar-refractivity contribution in [2.24, 2.45) is 0 Å². The van der Waals surface area contributed by atoms with Crippen LogP contribution in [0.15, 0.2) is 30.3 Å². The van der Waals surface area contributed by atoms with Crippen LogP contribution < -0.4 is 0 Å². The molecule has 1 amide bonds. The van der Waals surface area contributed by atoms with Gasteiger partial charge in [-0.3, -0.25) is 4.79 Å². The minimum absolute atomic E-state index is 0.113. The molecule has 1 atom stereocenters. The Kier molecular flexibility index (Phi) is 3.48. The molecule has 17 heavy (non-hydrogen) atoms. The van der Waals surface area contributed by atoms with Crippen LogP contribution in [0, 0.1) is 0 Å². The number of carbonyl (C=O) groups is 1. The molecule has 0 radical (unpaired) electrons. The van der Waals surface area contributed by atoms with Gasteiger partial charge in [-0.15, -0.1) is 11.8 Å². The van der Waals surface area contributed by atoms with E-state index in [1.165, 1.54) is 5.56 Å². The Morgan fingerprint density at radius 3 is 2.41 bits per heavy atom. The predicted molar refractivity (Wildman–Crippen MR) is 73.1 cm³/mol. The van der Waals surface area contributed by atoms with Crippen LogP contribution in [0.5, 0.6) is 0 Å². The van der Waals surface area contributed by atoms with Crippen molar-refractivity contribution in [2.75, 3.05) is 13.3 Å². The lowest BCUT2D eigenvalue weighted by atomic mass is 10.1. The van der Waals surface area contributed by atoms with E-state index in [-0.39, 0.29) is 16.7 Å². The largest absolute Gasteiger partial charge is 0.338 e. The second kappa shape index (κ2) is 4.73. The number of rotatable bonds is 4. The van der Waals surface area contributed by atoms with E-state index in [0.717, 1.165) is 12.8 Å². The van der Waals surface area contributed by atoms with Gasteiger partial charge in [0, 0.05) is 7.05 Å². The van der Waals surface area contributed by atoms with Crippen molar-refractivity contribution in [1.82, 2.24) is 4.90 Å². The summed E-state index contributed by atoms with van der Waals surface area (Å²) in [6.45, 7) is 2.09. The first-order valence-corrected chi connectivity index (χ1v) is 7.20. The zero-order valence-corrected chi connectivity index (χ0v) is 11.5. The van der Waals surface area contributed by atoms with Crippen LogP contribution >= 0.6 is 11.8 Å². The SMILES string of the molecule is CSC1(C(=O)N(C)[C@@H](C)c2ccccc2)CC1. The van der Waals surface area contributed by atoms with Gasteiger partial charge < -0.3 is 4.90 Å². The molecule has 0 aliphatic heterocycles. The fourth-order valence-electron chi connectivity index (χ4n) is 2.07. The Hall–Kier alpha value is -0.960. The minimum Gasteiger partial charge on any atom is -0.338 e. The summed E-state index contributed by atoms with van der Waals surface area (Å²) in [6.07, 6.45) is 4.09. The maximum atomic E-state index is 12.4. The molecule has 2 nitrogen and oxygen atoms in total. The van der Waals surface area contributed by atoms with Gasteiger partial charge in [-0.1, -0.05) is 30.3 Å². The zero-order valence-electron chi connectivity index (χ0n) is 10.6. The van der Waals surface area contributed by atoms with Gasteiger partial charge in [0.25, 0.3) is 0 Å². The van der Waals surface area contributed by atoms with Crippen molar-refractivity contribution >= 4 is 17.7 Å². The van der Waals surface area contributed by atoms with E-state index in [1.54, 1.807) is 11.8 Å². The Morgan fingerprint density at radius 1 is 1.35 bits per heavy atom. The van der Waals surface area contributed by atoms with Crippen molar-refractivity contribution < 1.29 is 4.79 Å². The van der Waals surface area contributed by atoms with Gasteiger partial charge in [0.05, 0.1) is 10.8 Å². The van der Waals surface area contributed by atoms with E-state index in [4.69, 9.17) is 0 Å². The van der Waals surface area contributed by atoms with E-state index in [1.807, 2.05) is 36.4 Å². The molecule has 2 rings (SSSR count). The molecular formula is C14H19NOS. The topological polar surface area (TPSA) is 20.3 Å². The highest BCUT2D eigenvalue weighted by molar-refractivity contribution is 8.01. The Balaban J connectivity index is 2.10. The van der Waals surface area contributed by atoms with E-state index in [9.17, 15) is 4.79 Å². The Bertz CT molecular complexity index is 400. The molecule has 0 aromatic heterocycles. The molecule has 1 saturated carbocycles. The van der Waals surface area contributed by atoms with Gasteiger partial charge >= 0.3 is 0 Å². The Morgan fingerprint density at radius 2 is 1.94 bits per heavy atom. The van der Waals surface area contributed by atoms with E-state index >= 15 is 0 Å². The molecule has 1 aliphatic carbocycles. The molecule has 0 N–H and O–H groups in total. The molecule has 1 fully saturated rings. The lowest BCUT2D eigenvalue weighted by Crippen LogP contribution is -2.37. The van der Waals surface area contributed by atoms with E-state index in [2.05, 4.69) is 19.1 Å². The molecule has 0 spiro atoms. The Labute approximate surface area is 107 Å². The number of thioether (sulfide) groups is 1. The highest BCUT2D eigenvalue weighted by Crippen LogP contribution is 2.49. The van der Waals surface area contributed by atoms with Gasteiger partial charge in [-0.2, -0.15) is 0 Å². The molecule has 3 heteroatoms. The first kappa shape index (κ1) is 12.5. The monoisotopic (exact) mass is 249 g/mol. The molecule has 1 aromatic rings. The van der Waals surface area contributed by atoms with Crippen molar-refractivity contribution in [1.29, 1.82) is 0 Å². The fraction of sp³-hybridized carbons (Fsp3) is 0.500. The number of hydrogen-bond donors (Lipinski definition) is 0. The number of benzene rings is 1. The average Bonchev–Trinajstić information content (AvgIpc) is 3.18. The fourth-order valence-corrected chi connectivity index (χ4v) is 2.90. The molecule has 0 bridgehead atoms. The van der Waals surface area contributed by atoms with Crippen LogP contribution in [-0.4, -0.2) is 28.9 Å². The molecule has 0 saturated heterocycles. The first-order valence-electron chi connectivity index (χ1n) is 5.98. The third-order valence-corrected chi connectivity index (χ3v) is 5.03. The van der Waals surface area contributed by atoms with Gasteiger partial charge in [-0.25, -0.2) is 0 Å². The van der Waals surface area contributed by atoms with Gasteiger partial charge in [-0.05, 0) is 31.6 Å². The summed E-state index contributed by atoms with van der Waals surface area (Å²) in [5, 5.41) is 0. The predicted octanol–water partition coefficient (Wildman–Crippen LogP) is 3.10. The lowest BCUT2D eigenvalue weighted by molar-refractivity contribution is -0.131. The summed E-state index contributed by atoms with van der Waals surface area (Å²) in [7, 11) is 1.91. The average molecular weight is 249 g/mol. The van der Waals surface area contributed by atoms with Gasteiger partial charge in [0.1, 0.15) is 0 Å². The molecule has 1 aromatic carbocycles. The summed E-state index contributed by atoms with van der Waals surface area (Å²) in [4.78, 5) is 14.3. The number of hydrogen-bond acceptors (Lipinski definition) is 2. The number of amides is 1. The first-order chi connectivity index (χ1) is 8.10. The van der Waals surface area contributed by atoms with Crippen molar-refractivity contribution in [3.05, 3.63) is 35.9 Å². The molecule has 92 valence electrons. The zero-order chi connectivity index (χ0) is 12.5. The quantitative estimate of drug-likeness (QED) is 0.817. The summed E-state index contributed by atoms with van der Waals surface area (Å²) < 4.78 is -0.113. The van der Waals surface area contributed by atoms with Crippen LogP contribution in [0.2, 0.25) is 0 Å². The van der Waals surface area contributed by atoms with Crippen LogP contribution in [0.3, 0.4) is 0 Å².